The van der Waals surface area contributed by atoms with Crippen LogP contribution in [0.5, 0.6) is 0 Å². The van der Waals surface area contributed by atoms with Gasteiger partial charge in [-0.1, -0.05) is 6.07 Å². The summed E-state index contributed by atoms with van der Waals surface area (Å²) in [6, 6.07) is 5.29. The Kier molecular flexibility index (Phi) is 3.58. The number of anilines is 1. The van der Waals surface area contributed by atoms with Gasteiger partial charge in [0.05, 0.1) is 5.69 Å². The SMILES string of the molecule is CC(=O)c1ccc(Br)c(N2CC(S)CC2=O)c1. The quantitative estimate of drug-likeness (QED) is 0.673. The van der Waals surface area contributed by atoms with Gasteiger partial charge >= 0.3 is 0 Å². The molecule has 0 radical (unpaired) electrons. The van der Waals surface area contributed by atoms with E-state index in [2.05, 4.69) is 28.6 Å². The summed E-state index contributed by atoms with van der Waals surface area (Å²) in [5.74, 6) is 0.0409. The molecule has 5 heteroatoms. The minimum absolute atomic E-state index is 0.00665. The summed E-state index contributed by atoms with van der Waals surface area (Å²) in [4.78, 5) is 24.8. The lowest BCUT2D eigenvalue weighted by Crippen LogP contribution is -2.25. The minimum Gasteiger partial charge on any atom is -0.310 e. The van der Waals surface area contributed by atoms with Crippen LogP contribution in [-0.2, 0) is 4.79 Å². The number of hydrogen-bond donors (Lipinski definition) is 1. The summed E-state index contributed by atoms with van der Waals surface area (Å²) in [6.07, 6.45) is 0.444. The van der Waals surface area contributed by atoms with E-state index in [-0.39, 0.29) is 16.9 Å². The number of halogens is 1. The molecule has 0 spiro atoms. The third-order valence-electron chi connectivity index (χ3n) is 2.75. The van der Waals surface area contributed by atoms with E-state index in [1.165, 1.54) is 6.92 Å². The van der Waals surface area contributed by atoms with Crippen molar-refractivity contribution in [2.24, 2.45) is 0 Å². The van der Waals surface area contributed by atoms with E-state index in [4.69, 9.17) is 0 Å². The molecule has 1 saturated heterocycles. The number of hydrogen-bond acceptors (Lipinski definition) is 3. The van der Waals surface area contributed by atoms with Gasteiger partial charge in [-0.05, 0) is 35.0 Å². The molecule has 1 aromatic rings. The molecular formula is C12H12BrNO2S. The van der Waals surface area contributed by atoms with E-state index in [1.807, 2.05) is 0 Å². The van der Waals surface area contributed by atoms with Gasteiger partial charge in [0.15, 0.2) is 5.78 Å². The van der Waals surface area contributed by atoms with Crippen molar-refractivity contribution in [1.82, 2.24) is 0 Å². The Bertz CT molecular complexity index is 489. The van der Waals surface area contributed by atoms with Crippen LogP contribution in [0.3, 0.4) is 0 Å². The van der Waals surface area contributed by atoms with Crippen LogP contribution < -0.4 is 4.90 Å². The fourth-order valence-corrected chi connectivity index (χ4v) is 2.64. The van der Waals surface area contributed by atoms with Gasteiger partial charge in [-0.2, -0.15) is 12.6 Å². The molecule has 0 saturated carbocycles. The summed E-state index contributed by atoms with van der Waals surface area (Å²) in [5.41, 5.74) is 1.36. The molecule has 17 heavy (non-hydrogen) atoms. The van der Waals surface area contributed by atoms with Crippen molar-refractivity contribution < 1.29 is 9.59 Å². The van der Waals surface area contributed by atoms with Crippen LogP contribution >= 0.6 is 28.6 Å². The van der Waals surface area contributed by atoms with Crippen molar-refractivity contribution in [3.8, 4) is 0 Å². The number of rotatable bonds is 2. The lowest BCUT2D eigenvalue weighted by Gasteiger charge is -2.18. The number of carbonyl (C=O) groups excluding carboxylic acids is 2. The number of carbonyl (C=O) groups is 2. The molecule has 3 nitrogen and oxygen atoms in total. The van der Waals surface area contributed by atoms with Crippen LogP contribution in [0.4, 0.5) is 5.69 Å². The maximum Gasteiger partial charge on any atom is 0.228 e. The minimum atomic E-state index is -0.00665. The maximum absolute atomic E-state index is 11.8. The van der Waals surface area contributed by atoms with Crippen LogP contribution in [0.15, 0.2) is 22.7 Å². The highest BCUT2D eigenvalue weighted by molar-refractivity contribution is 9.10. The average molecular weight is 314 g/mol. The van der Waals surface area contributed by atoms with E-state index in [0.717, 1.165) is 10.2 Å². The number of benzene rings is 1. The lowest BCUT2D eigenvalue weighted by molar-refractivity contribution is -0.117. The topological polar surface area (TPSA) is 37.4 Å². The second-order valence-electron chi connectivity index (χ2n) is 4.08. The first-order chi connectivity index (χ1) is 7.99. The zero-order valence-electron chi connectivity index (χ0n) is 9.31. The Morgan fingerprint density at radius 3 is 2.76 bits per heavy atom. The summed E-state index contributed by atoms with van der Waals surface area (Å²) >= 11 is 7.72. The van der Waals surface area contributed by atoms with Crippen LogP contribution in [0.2, 0.25) is 0 Å². The molecule has 1 fully saturated rings. The zero-order chi connectivity index (χ0) is 12.6. The Morgan fingerprint density at radius 2 is 2.24 bits per heavy atom. The maximum atomic E-state index is 11.8. The normalized spacial score (nSPS) is 19.8. The highest BCUT2D eigenvalue weighted by atomic mass is 79.9. The van der Waals surface area contributed by atoms with Gasteiger partial charge < -0.3 is 4.90 Å². The first kappa shape index (κ1) is 12.6. The fraction of sp³-hybridized carbons (Fsp3) is 0.333. The predicted octanol–water partition coefficient (Wildman–Crippen LogP) is 2.69. The molecule has 0 N–H and O–H groups in total. The molecule has 1 heterocycles. The Balaban J connectivity index is 2.41. The largest absolute Gasteiger partial charge is 0.310 e. The van der Waals surface area contributed by atoms with Gasteiger partial charge in [-0.25, -0.2) is 0 Å². The third-order valence-corrected chi connectivity index (χ3v) is 3.76. The van der Waals surface area contributed by atoms with Crippen LogP contribution in [0.25, 0.3) is 0 Å². The second-order valence-corrected chi connectivity index (χ2v) is 5.67. The Labute approximate surface area is 114 Å². The molecular weight excluding hydrogens is 302 g/mol. The second kappa shape index (κ2) is 4.82. The van der Waals surface area contributed by atoms with E-state index in [9.17, 15) is 9.59 Å². The van der Waals surface area contributed by atoms with Crippen LogP contribution in [-0.4, -0.2) is 23.5 Å². The molecule has 90 valence electrons. The number of nitrogens with zero attached hydrogens (tertiary/aromatic N) is 1. The van der Waals surface area contributed by atoms with Gasteiger partial charge in [-0.3, -0.25) is 9.59 Å². The van der Waals surface area contributed by atoms with Crippen molar-refractivity contribution in [2.75, 3.05) is 11.4 Å². The lowest BCUT2D eigenvalue weighted by atomic mass is 10.1. The van der Waals surface area contributed by atoms with Gasteiger partial charge in [0.1, 0.15) is 0 Å². The predicted molar refractivity (Wildman–Crippen MR) is 73.9 cm³/mol. The fourth-order valence-electron chi connectivity index (χ4n) is 1.86. The molecule has 0 aromatic heterocycles. The number of amides is 1. The van der Waals surface area contributed by atoms with Gasteiger partial charge in [0.25, 0.3) is 0 Å². The molecule has 1 unspecified atom stereocenters. The zero-order valence-corrected chi connectivity index (χ0v) is 11.8. The summed E-state index contributed by atoms with van der Waals surface area (Å²) in [7, 11) is 0. The van der Waals surface area contributed by atoms with E-state index in [1.54, 1.807) is 23.1 Å². The molecule has 0 bridgehead atoms. The molecule has 1 aliphatic heterocycles. The standard InChI is InChI=1S/C12H12BrNO2S/c1-7(15)8-2-3-10(13)11(4-8)14-6-9(17)5-12(14)16/h2-4,9,17H,5-6H2,1H3. The van der Waals surface area contributed by atoms with Crippen molar-refractivity contribution in [2.45, 2.75) is 18.6 Å². The highest BCUT2D eigenvalue weighted by Crippen LogP contribution is 2.31. The Morgan fingerprint density at radius 1 is 1.53 bits per heavy atom. The number of thiol groups is 1. The van der Waals surface area contributed by atoms with Crippen LogP contribution in [0.1, 0.15) is 23.7 Å². The summed E-state index contributed by atoms with van der Waals surface area (Å²) in [5, 5.41) is 0.0652. The van der Waals surface area contributed by atoms with E-state index in [0.29, 0.717) is 18.5 Å². The number of Topliss-reactive ketones (excluding diaryl/α,β-unsaturated/α-hetero) is 1. The first-order valence-electron chi connectivity index (χ1n) is 5.28. The summed E-state index contributed by atoms with van der Waals surface area (Å²) < 4.78 is 0.818. The molecule has 1 atom stereocenters. The van der Waals surface area contributed by atoms with Gasteiger partial charge in [0.2, 0.25) is 5.91 Å². The van der Waals surface area contributed by atoms with Gasteiger partial charge in [-0.15, -0.1) is 0 Å². The van der Waals surface area contributed by atoms with Crippen molar-refractivity contribution in [1.29, 1.82) is 0 Å². The monoisotopic (exact) mass is 313 g/mol. The molecule has 1 amide bonds. The van der Waals surface area contributed by atoms with Crippen molar-refractivity contribution in [3.05, 3.63) is 28.2 Å². The summed E-state index contributed by atoms with van der Waals surface area (Å²) in [6.45, 7) is 2.10. The van der Waals surface area contributed by atoms with Crippen molar-refractivity contribution >= 4 is 45.9 Å². The Hall–Kier alpha value is -0.810. The smallest absolute Gasteiger partial charge is 0.228 e. The van der Waals surface area contributed by atoms with Crippen LogP contribution in [0, 0.1) is 0 Å². The average Bonchev–Trinajstić information content (AvgIpc) is 2.58. The molecule has 0 aliphatic carbocycles. The number of ketones is 1. The van der Waals surface area contributed by atoms with Crippen molar-refractivity contribution in [3.63, 3.8) is 0 Å². The molecule has 1 aliphatic rings. The van der Waals surface area contributed by atoms with E-state index >= 15 is 0 Å². The first-order valence-corrected chi connectivity index (χ1v) is 6.59. The third kappa shape index (κ3) is 2.55. The molecule has 2 rings (SSSR count). The molecule has 1 aromatic carbocycles. The van der Waals surface area contributed by atoms with Gasteiger partial charge in [0, 0.05) is 28.3 Å². The van der Waals surface area contributed by atoms with E-state index < -0.39 is 0 Å². The highest BCUT2D eigenvalue weighted by Gasteiger charge is 2.29.